The third-order valence-electron chi connectivity index (χ3n) is 6.10. The summed E-state index contributed by atoms with van der Waals surface area (Å²) in [4.78, 5) is 17.4. The summed E-state index contributed by atoms with van der Waals surface area (Å²) < 4.78 is 10.9. The van der Waals surface area contributed by atoms with E-state index in [4.69, 9.17) is 9.15 Å². The van der Waals surface area contributed by atoms with Crippen molar-refractivity contribution in [2.75, 3.05) is 46.4 Å². The second kappa shape index (κ2) is 9.71. The van der Waals surface area contributed by atoms with Gasteiger partial charge in [0, 0.05) is 39.3 Å². The van der Waals surface area contributed by atoms with Crippen LogP contribution in [0.15, 0.2) is 10.5 Å². The van der Waals surface area contributed by atoms with Crippen LogP contribution < -0.4 is 5.32 Å². The van der Waals surface area contributed by atoms with E-state index in [1.165, 1.54) is 18.4 Å². The van der Waals surface area contributed by atoms with Crippen molar-refractivity contribution in [1.82, 2.24) is 15.1 Å². The van der Waals surface area contributed by atoms with E-state index >= 15 is 0 Å². The van der Waals surface area contributed by atoms with E-state index in [-0.39, 0.29) is 11.8 Å². The minimum absolute atomic E-state index is 0.128. The van der Waals surface area contributed by atoms with Gasteiger partial charge < -0.3 is 14.5 Å². The van der Waals surface area contributed by atoms with E-state index in [1.54, 1.807) is 7.11 Å². The lowest BCUT2D eigenvalue weighted by atomic mass is 9.93. The topological polar surface area (TPSA) is 58.0 Å². The van der Waals surface area contributed by atoms with Gasteiger partial charge in [0.1, 0.15) is 11.5 Å². The molecule has 2 saturated heterocycles. The number of piperidine rings is 2. The second-order valence-corrected chi connectivity index (χ2v) is 8.08. The van der Waals surface area contributed by atoms with Crippen molar-refractivity contribution in [3.63, 3.8) is 0 Å². The van der Waals surface area contributed by atoms with Crippen molar-refractivity contribution in [2.24, 2.45) is 5.92 Å². The molecule has 3 rings (SSSR count). The fraction of sp³-hybridized carbons (Fsp3) is 0.762. The van der Waals surface area contributed by atoms with Crippen LogP contribution in [0.1, 0.15) is 42.8 Å². The van der Waals surface area contributed by atoms with Crippen LogP contribution in [0.3, 0.4) is 0 Å². The monoisotopic (exact) mass is 377 g/mol. The van der Waals surface area contributed by atoms with Gasteiger partial charge in [-0.1, -0.05) is 0 Å². The van der Waals surface area contributed by atoms with E-state index in [0.29, 0.717) is 19.2 Å². The summed E-state index contributed by atoms with van der Waals surface area (Å²) in [6.45, 7) is 10.5. The Bertz CT molecular complexity index is 588. The maximum Gasteiger partial charge on any atom is 0.224 e. The van der Waals surface area contributed by atoms with Gasteiger partial charge in [-0.15, -0.1) is 0 Å². The highest BCUT2D eigenvalue weighted by molar-refractivity contribution is 5.78. The normalized spacial score (nSPS) is 22.9. The van der Waals surface area contributed by atoms with Crippen LogP contribution in [0.2, 0.25) is 0 Å². The molecule has 1 aromatic rings. The van der Waals surface area contributed by atoms with Crippen molar-refractivity contribution in [3.05, 3.63) is 23.2 Å². The quantitative estimate of drug-likeness (QED) is 0.739. The van der Waals surface area contributed by atoms with Crippen LogP contribution >= 0.6 is 0 Å². The summed E-state index contributed by atoms with van der Waals surface area (Å²) in [7, 11) is 1.66. The number of nitrogens with one attached hydrogen (secondary N) is 1. The fourth-order valence-electron chi connectivity index (χ4n) is 4.36. The van der Waals surface area contributed by atoms with Crippen LogP contribution in [0.5, 0.6) is 0 Å². The molecule has 1 atom stereocenters. The van der Waals surface area contributed by atoms with Gasteiger partial charge in [0.05, 0.1) is 19.1 Å². The molecule has 0 saturated carbocycles. The number of furan rings is 1. The molecule has 6 nitrogen and oxygen atoms in total. The Morgan fingerprint density at radius 3 is 2.70 bits per heavy atom. The van der Waals surface area contributed by atoms with Crippen LogP contribution in [0.25, 0.3) is 0 Å². The third-order valence-corrected chi connectivity index (χ3v) is 6.10. The highest BCUT2D eigenvalue weighted by atomic mass is 16.5. The number of aryl methyl sites for hydroxylation is 2. The first-order valence-electron chi connectivity index (χ1n) is 10.4. The smallest absolute Gasteiger partial charge is 0.224 e. The molecular weight excluding hydrogens is 342 g/mol. The van der Waals surface area contributed by atoms with Crippen molar-refractivity contribution >= 4 is 5.91 Å². The molecule has 1 N–H and O–H groups in total. The van der Waals surface area contributed by atoms with Crippen molar-refractivity contribution in [3.8, 4) is 0 Å². The summed E-state index contributed by atoms with van der Waals surface area (Å²) in [6, 6.07) is 2.77. The number of carbonyl (C=O) groups excluding carboxylic acids is 1. The molecule has 0 unspecified atom stereocenters. The van der Waals surface area contributed by atoms with Gasteiger partial charge in [-0.25, -0.2) is 0 Å². The zero-order valence-electron chi connectivity index (χ0n) is 17.1. The van der Waals surface area contributed by atoms with Crippen molar-refractivity contribution in [1.29, 1.82) is 0 Å². The maximum atomic E-state index is 12.4. The van der Waals surface area contributed by atoms with Crippen molar-refractivity contribution < 1.29 is 13.9 Å². The fourth-order valence-corrected chi connectivity index (χ4v) is 4.36. The average Bonchev–Trinajstić information content (AvgIpc) is 2.99. The zero-order valence-corrected chi connectivity index (χ0v) is 17.1. The lowest BCUT2D eigenvalue weighted by Gasteiger charge is -2.41. The summed E-state index contributed by atoms with van der Waals surface area (Å²) in [5, 5.41) is 3.01. The highest BCUT2D eigenvalue weighted by Crippen LogP contribution is 2.25. The molecule has 2 fully saturated rings. The molecule has 0 spiro atoms. The number of nitrogens with zero attached hydrogens (tertiary/aromatic N) is 2. The number of ether oxygens (including phenoxy) is 1. The largest absolute Gasteiger partial charge is 0.465 e. The molecule has 27 heavy (non-hydrogen) atoms. The minimum Gasteiger partial charge on any atom is -0.465 e. The molecule has 1 aromatic heterocycles. The van der Waals surface area contributed by atoms with Crippen LogP contribution in [0, 0.1) is 19.8 Å². The Balaban J connectivity index is 1.43. The van der Waals surface area contributed by atoms with E-state index in [0.717, 1.165) is 57.1 Å². The number of methoxy groups -OCH3 is 1. The molecule has 0 radical (unpaired) electrons. The molecule has 0 bridgehead atoms. The van der Waals surface area contributed by atoms with Crippen molar-refractivity contribution in [2.45, 2.75) is 52.1 Å². The Labute approximate surface area is 163 Å². The lowest BCUT2D eigenvalue weighted by Crippen LogP contribution is -2.50. The number of hydrogen-bond donors (Lipinski definition) is 1. The Morgan fingerprint density at radius 1 is 1.26 bits per heavy atom. The molecule has 0 aromatic carbocycles. The predicted molar refractivity (Wildman–Crippen MR) is 106 cm³/mol. The van der Waals surface area contributed by atoms with Gasteiger partial charge in [0.2, 0.25) is 5.91 Å². The van der Waals surface area contributed by atoms with E-state index in [9.17, 15) is 4.79 Å². The minimum atomic E-state index is 0.128. The third kappa shape index (κ3) is 5.56. The summed E-state index contributed by atoms with van der Waals surface area (Å²) in [5.74, 6) is 2.43. The lowest BCUT2D eigenvalue weighted by molar-refractivity contribution is -0.127. The average molecular weight is 378 g/mol. The highest BCUT2D eigenvalue weighted by Gasteiger charge is 2.31. The number of amides is 1. The molecule has 152 valence electrons. The number of likely N-dealkylation sites (tertiary alicyclic amines) is 2. The Kier molecular flexibility index (Phi) is 7.33. The number of carbonyl (C=O) groups is 1. The first-order chi connectivity index (χ1) is 13.1. The first-order valence-corrected chi connectivity index (χ1v) is 10.4. The second-order valence-electron chi connectivity index (χ2n) is 8.08. The summed E-state index contributed by atoms with van der Waals surface area (Å²) >= 11 is 0. The standard InChI is InChI=1S/C21H35N3O3/c1-16-13-20(27-17(16)2)15-23-10-6-19(7-11-23)24-9-4-5-18(14-24)21(25)22-8-12-26-3/h13,18-19H,4-12,14-15H2,1-3H3,(H,22,25)/t18-/m0/s1. The molecular formula is C21H35N3O3. The summed E-state index contributed by atoms with van der Waals surface area (Å²) in [5.41, 5.74) is 1.24. The first kappa shape index (κ1) is 20.4. The van der Waals surface area contributed by atoms with Crippen LogP contribution in [0.4, 0.5) is 0 Å². The van der Waals surface area contributed by atoms with E-state index < -0.39 is 0 Å². The van der Waals surface area contributed by atoms with Crippen LogP contribution in [-0.2, 0) is 16.1 Å². The van der Waals surface area contributed by atoms with E-state index in [1.807, 2.05) is 6.92 Å². The van der Waals surface area contributed by atoms with Gasteiger partial charge in [0.15, 0.2) is 0 Å². The summed E-state index contributed by atoms with van der Waals surface area (Å²) in [6.07, 6.45) is 4.48. The number of hydrogen-bond acceptors (Lipinski definition) is 5. The molecule has 2 aliphatic heterocycles. The zero-order chi connectivity index (χ0) is 19.2. The van der Waals surface area contributed by atoms with Gasteiger partial charge in [-0.3, -0.25) is 14.6 Å². The van der Waals surface area contributed by atoms with Gasteiger partial charge in [-0.2, -0.15) is 0 Å². The molecule has 3 heterocycles. The Hall–Kier alpha value is -1.37. The molecule has 1 amide bonds. The van der Waals surface area contributed by atoms with Gasteiger partial charge in [0.25, 0.3) is 0 Å². The maximum absolute atomic E-state index is 12.4. The SMILES string of the molecule is COCCNC(=O)[C@H]1CCCN(C2CCN(Cc3cc(C)c(C)o3)CC2)C1. The van der Waals surface area contributed by atoms with E-state index in [2.05, 4.69) is 28.1 Å². The van der Waals surface area contributed by atoms with Gasteiger partial charge in [-0.05, 0) is 57.7 Å². The molecule has 0 aliphatic carbocycles. The molecule has 2 aliphatic rings. The predicted octanol–water partition coefficient (Wildman–Crippen LogP) is 2.34. The number of rotatable bonds is 7. The van der Waals surface area contributed by atoms with Gasteiger partial charge >= 0.3 is 0 Å². The Morgan fingerprint density at radius 2 is 2.04 bits per heavy atom. The molecule has 6 heteroatoms. The van der Waals surface area contributed by atoms with Crippen LogP contribution in [-0.4, -0.2) is 68.2 Å².